The van der Waals surface area contributed by atoms with E-state index in [1.807, 2.05) is 53.4 Å². The smallest absolute Gasteiger partial charge is 0.460 e. The van der Waals surface area contributed by atoms with Crippen LogP contribution >= 0.6 is 15.9 Å². The first kappa shape index (κ1) is 76.5. The summed E-state index contributed by atoms with van der Waals surface area (Å²) in [7, 11) is 0. The van der Waals surface area contributed by atoms with Crippen molar-refractivity contribution in [2.75, 3.05) is 58.8 Å². The van der Waals surface area contributed by atoms with Crippen LogP contribution in [0.2, 0.25) is 0 Å². The zero-order valence-electron chi connectivity index (χ0n) is 52.4. The molecule has 2 amide bonds. The number of nitrogens with zero attached hydrogens (tertiary/aromatic N) is 4. The summed E-state index contributed by atoms with van der Waals surface area (Å²) in [5.74, 6) is 0.272. The van der Waals surface area contributed by atoms with Gasteiger partial charge in [0.2, 0.25) is 0 Å². The number of carbonyl (C=O) groups excluding carboxylic acids is 5. The van der Waals surface area contributed by atoms with Gasteiger partial charge in [-0.15, -0.1) is 0 Å². The van der Waals surface area contributed by atoms with Crippen LogP contribution in [0.1, 0.15) is 176 Å². The predicted molar refractivity (Wildman–Crippen MR) is 307 cm³/mol. The van der Waals surface area contributed by atoms with Gasteiger partial charge in [0.1, 0.15) is 16.8 Å². The number of carbonyl (C=O) groups is 3. The van der Waals surface area contributed by atoms with Crippen molar-refractivity contribution in [2.24, 2.45) is 17.3 Å². The standard InChI is InChI=1S/C29H48N2O3.C19H25BrF3NO3.C11H20BF3NO2.CO2.K/c1-22-17-23(20-30-13-9-25(10-14-30)27(2,3)4)19-24(18-22)21-33-29(8)11-15-31(16-12-29)26(32)34-28(5,6)7;1-17(2,3)27-16(25)24-7-5-18(4,6-8-24)26-12-13-9-14(19(21,22)23)11-15(20)10-13;1-11(2,3)18-10(17)9-4-6-16(7-5-9)8-12(13,14)15;2-1-3;/h17-19,25H,9-16,20-21H2,1-8H3;9-11H,5-8,12H2,1-4H3;9H,4-8H2,1-3H3;;/q;;-1;;+1. The SMILES string of the molecule is CC(C)(C)OC(=O)C1CCN(C[B-](F)(F)F)CC1.CC(C)(C)OC(=O)N1CCC(C)(OCc2cc(Br)cc(C(F)(F)F)c2)CC1.Cc1cc(COC2(C)CCN(C(=O)OC(C)(C)C)CC2)cc(CN2CCC(C(C)(C)C)CC2)c1.O=C=O.[K+]. The van der Waals surface area contributed by atoms with Crippen LogP contribution in [0, 0.1) is 24.2 Å². The third-order valence-corrected chi connectivity index (χ3v) is 15.1. The van der Waals surface area contributed by atoms with Crippen molar-refractivity contribution in [2.45, 2.75) is 209 Å². The Balaban J connectivity index is 0.000000430. The monoisotopic (exact) mass is 1270 g/mol. The van der Waals surface area contributed by atoms with Crippen molar-refractivity contribution >= 4 is 47.2 Å². The molecule has 4 saturated heterocycles. The number of alkyl halides is 3. The number of ether oxygens (including phenoxy) is 5. The van der Waals surface area contributed by atoms with E-state index in [9.17, 15) is 40.5 Å². The Kier molecular flexibility index (Phi) is 30.1. The molecule has 0 spiro atoms. The molecule has 6 rings (SSSR count). The Morgan fingerprint density at radius 1 is 0.602 bits per heavy atom. The molecule has 0 atom stereocenters. The van der Waals surface area contributed by atoms with Crippen LogP contribution < -0.4 is 51.4 Å². The molecule has 4 aliphatic rings. The van der Waals surface area contributed by atoms with Crippen molar-refractivity contribution in [3.05, 3.63) is 68.7 Å². The fraction of sp³-hybridized carbons (Fsp3) is 0.733. The molecule has 0 radical (unpaired) electrons. The minimum atomic E-state index is -4.78. The molecule has 2 aromatic carbocycles. The molecule has 23 heteroatoms. The van der Waals surface area contributed by atoms with E-state index in [0.29, 0.717) is 87.0 Å². The van der Waals surface area contributed by atoms with Crippen LogP contribution in [0.15, 0.2) is 40.9 Å². The number of halogens is 7. The molecule has 0 bridgehead atoms. The van der Waals surface area contributed by atoms with Crippen molar-refractivity contribution in [3.63, 3.8) is 0 Å². The first-order valence-electron chi connectivity index (χ1n) is 28.6. The van der Waals surface area contributed by atoms with Crippen LogP contribution in [0.5, 0.6) is 0 Å². The maximum atomic E-state index is 12.9. The van der Waals surface area contributed by atoms with Gasteiger partial charge in [-0.3, -0.25) is 9.69 Å². The van der Waals surface area contributed by atoms with E-state index in [4.69, 9.17) is 33.3 Å². The second-order valence-electron chi connectivity index (χ2n) is 26.9. The van der Waals surface area contributed by atoms with E-state index < -0.39 is 47.6 Å². The molecule has 4 aliphatic heterocycles. The molecule has 466 valence electrons. The van der Waals surface area contributed by atoms with Gasteiger partial charge < -0.3 is 51.3 Å². The zero-order valence-corrected chi connectivity index (χ0v) is 57.1. The number of likely N-dealkylation sites (tertiary alicyclic amines) is 4. The van der Waals surface area contributed by atoms with Crippen molar-refractivity contribution in [1.29, 1.82) is 0 Å². The molecule has 0 unspecified atom stereocenters. The minimum Gasteiger partial charge on any atom is -0.460 e. The maximum absolute atomic E-state index is 12.9. The summed E-state index contributed by atoms with van der Waals surface area (Å²) in [4.78, 5) is 59.9. The normalized spacial score (nSPS) is 18.5. The first-order chi connectivity index (χ1) is 37.5. The van der Waals surface area contributed by atoms with Crippen molar-refractivity contribution in [3.8, 4) is 0 Å². The van der Waals surface area contributed by atoms with Gasteiger partial charge in [-0.25, -0.2) is 9.59 Å². The average Bonchev–Trinajstić information content (AvgIpc) is 3.33. The largest absolute Gasteiger partial charge is 1.00 e. The third-order valence-electron chi connectivity index (χ3n) is 14.6. The van der Waals surface area contributed by atoms with Gasteiger partial charge >= 0.3 is 88.8 Å². The van der Waals surface area contributed by atoms with E-state index in [1.165, 1.54) is 47.5 Å². The number of hydrogen-bond acceptors (Lipinski definition) is 12. The van der Waals surface area contributed by atoms with Crippen LogP contribution in [0.4, 0.5) is 35.7 Å². The van der Waals surface area contributed by atoms with E-state index >= 15 is 0 Å². The fourth-order valence-electron chi connectivity index (χ4n) is 10.0. The molecular formula is C60H93BBrF6KN4O10. The molecule has 2 aromatic rings. The summed E-state index contributed by atoms with van der Waals surface area (Å²) in [5, 5.41) is 0. The number of esters is 1. The zero-order chi connectivity index (χ0) is 62.3. The van der Waals surface area contributed by atoms with Gasteiger partial charge in [0.15, 0.2) is 0 Å². The summed E-state index contributed by atoms with van der Waals surface area (Å²) >= 11 is 3.12. The Morgan fingerprint density at radius 2 is 1.00 bits per heavy atom. The van der Waals surface area contributed by atoms with Gasteiger partial charge in [-0.2, -0.15) is 22.8 Å². The molecule has 83 heavy (non-hydrogen) atoms. The molecule has 4 fully saturated rings. The summed E-state index contributed by atoms with van der Waals surface area (Å²) in [6, 6.07) is 10.7. The molecule has 0 aromatic heterocycles. The third kappa shape index (κ3) is 30.3. The number of aryl methyl sites for hydroxylation is 1. The van der Waals surface area contributed by atoms with Crippen molar-refractivity contribution in [1.82, 2.24) is 19.6 Å². The van der Waals surface area contributed by atoms with Crippen LogP contribution in [-0.2, 0) is 64.0 Å². The van der Waals surface area contributed by atoms with E-state index in [1.54, 1.807) is 31.7 Å². The topological polar surface area (TPSA) is 144 Å². The number of hydrogen-bond donors (Lipinski definition) is 0. The Labute approximate surface area is 541 Å². The van der Waals surface area contributed by atoms with E-state index in [2.05, 4.69) is 73.6 Å². The number of rotatable bonds is 11. The summed E-state index contributed by atoms with van der Waals surface area (Å²) < 4.78 is 104. The number of piperidine rings is 4. The minimum absolute atomic E-state index is 0. The van der Waals surface area contributed by atoms with Crippen LogP contribution in [-0.4, -0.2) is 138 Å². The van der Waals surface area contributed by atoms with Gasteiger partial charge in [-0.1, -0.05) is 60.5 Å². The molecule has 4 heterocycles. The Bertz CT molecular complexity index is 2390. The molecule has 14 nitrogen and oxygen atoms in total. The van der Waals surface area contributed by atoms with Gasteiger partial charge in [0, 0.05) is 37.2 Å². The second kappa shape index (κ2) is 32.6. The molecule has 0 saturated carbocycles. The quantitative estimate of drug-likeness (QED) is 0.0914. The molecule has 0 N–H and O–H groups in total. The first-order valence-corrected chi connectivity index (χ1v) is 29.4. The van der Waals surface area contributed by atoms with Crippen LogP contribution in [0.25, 0.3) is 0 Å². The predicted octanol–water partition coefficient (Wildman–Crippen LogP) is 11.2. The second-order valence-corrected chi connectivity index (χ2v) is 27.8. The van der Waals surface area contributed by atoms with E-state index in [0.717, 1.165) is 37.4 Å². The molecular weight excluding hydrogens is 1180 g/mol. The van der Waals surface area contributed by atoms with Crippen molar-refractivity contribution < 1.29 is 125 Å². The van der Waals surface area contributed by atoms with Gasteiger partial charge in [0.05, 0.1) is 35.9 Å². The number of benzene rings is 2. The average molecular weight is 1270 g/mol. The maximum Gasteiger partial charge on any atom is 1.00 e. The fourth-order valence-corrected chi connectivity index (χ4v) is 10.6. The Hall–Kier alpha value is -2.57. The van der Waals surface area contributed by atoms with Gasteiger partial charge in [-0.05, 0) is 213 Å². The van der Waals surface area contributed by atoms with Gasteiger partial charge in [0.25, 0.3) is 0 Å². The summed E-state index contributed by atoms with van der Waals surface area (Å²) in [6.07, 6.45) is 0.758. The molecule has 0 aliphatic carbocycles. The number of amides is 2. The summed E-state index contributed by atoms with van der Waals surface area (Å²) in [6.45, 7) is 32.2. The van der Waals surface area contributed by atoms with E-state index in [-0.39, 0.29) is 93.8 Å². The Morgan fingerprint density at radius 3 is 1.39 bits per heavy atom. The summed E-state index contributed by atoms with van der Waals surface area (Å²) in [5.41, 5.74) is 1.83. The van der Waals surface area contributed by atoms with Crippen LogP contribution in [0.3, 0.4) is 0 Å².